The summed E-state index contributed by atoms with van der Waals surface area (Å²) in [4.78, 5) is 15.7. The number of hydrogen-bond donors (Lipinski definition) is 0. The Morgan fingerprint density at radius 1 is 1.33 bits per heavy atom. The van der Waals surface area contributed by atoms with Crippen molar-refractivity contribution in [2.75, 3.05) is 38.2 Å². The van der Waals surface area contributed by atoms with E-state index in [-0.39, 0.29) is 17.8 Å². The molecule has 1 unspecified atom stereocenters. The van der Waals surface area contributed by atoms with Crippen molar-refractivity contribution in [1.82, 2.24) is 9.80 Å². The predicted octanol–water partition coefficient (Wildman–Crippen LogP) is 1.90. The highest BCUT2D eigenvalue weighted by atomic mass is 32.2. The Balaban J connectivity index is 1.98. The summed E-state index contributed by atoms with van der Waals surface area (Å²) in [5, 5.41) is 9.39. The molecule has 112 valence electrons. The number of thioether (sulfide) groups is 1. The van der Waals surface area contributed by atoms with Gasteiger partial charge in [0.1, 0.15) is 11.9 Å². The maximum absolute atomic E-state index is 13.0. The first-order valence-corrected chi connectivity index (χ1v) is 8.21. The minimum atomic E-state index is -0.386. The smallest absolute Gasteiger partial charge is 0.232 e. The van der Waals surface area contributed by atoms with Crippen molar-refractivity contribution in [3.05, 3.63) is 35.6 Å². The molecule has 2 rings (SSSR count). The topological polar surface area (TPSA) is 47.3 Å². The van der Waals surface area contributed by atoms with Gasteiger partial charge in [-0.05, 0) is 24.0 Å². The third-order valence-corrected chi connectivity index (χ3v) is 4.14. The van der Waals surface area contributed by atoms with Crippen LogP contribution < -0.4 is 0 Å². The number of amides is 1. The Labute approximate surface area is 128 Å². The van der Waals surface area contributed by atoms with Gasteiger partial charge in [-0.2, -0.15) is 17.0 Å². The van der Waals surface area contributed by atoms with Gasteiger partial charge in [0, 0.05) is 26.2 Å². The van der Waals surface area contributed by atoms with Crippen molar-refractivity contribution in [3.63, 3.8) is 0 Å². The fraction of sp³-hybridized carbons (Fsp3) is 0.467. The van der Waals surface area contributed by atoms with Crippen molar-refractivity contribution in [2.45, 2.75) is 6.04 Å². The minimum Gasteiger partial charge on any atom is -0.339 e. The van der Waals surface area contributed by atoms with Crippen LogP contribution in [0.15, 0.2) is 24.3 Å². The molecule has 0 N–H and O–H groups in total. The van der Waals surface area contributed by atoms with Crippen LogP contribution in [0.25, 0.3) is 0 Å². The highest BCUT2D eigenvalue weighted by Gasteiger charge is 2.26. The van der Waals surface area contributed by atoms with E-state index in [0.29, 0.717) is 31.9 Å². The second-order valence-corrected chi connectivity index (χ2v) is 5.80. The first kappa shape index (κ1) is 15.8. The molecule has 1 aromatic carbocycles. The van der Waals surface area contributed by atoms with Crippen molar-refractivity contribution in [3.8, 4) is 6.07 Å². The number of carbonyl (C=O) groups is 1. The van der Waals surface area contributed by atoms with Crippen LogP contribution in [0.1, 0.15) is 11.6 Å². The summed E-state index contributed by atoms with van der Waals surface area (Å²) in [6.45, 7) is 2.60. The number of benzene rings is 1. The van der Waals surface area contributed by atoms with Gasteiger partial charge < -0.3 is 4.90 Å². The number of rotatable bonds is 4. The molecule has 0 spiro atoms. The zero-order valence-electron chi connectivity index (χ0n) is 12.0. The fourth-order valence-electron chi connectivity index (χ4n) is 2.46. The van der Waals surface area contributed by atoms with E-state index in [4.69, 9.17) is 0 Å². The lowest BCUT2D eigenvalue weighted by atomic mass is 10.1. The molecule has 1 aliphatic rings. The molecule has 6 heteroatoms. The zero-order chi connectivity index (χ0) is 15.2. The number of carbonyl (C=O) groups excluding carboxylic acids is 1. The number of nitriles is 1. The van der Waals surface area contributed by atoms with Gasteiger partial charge in [0.05, 0.1) is 11.8 Å². The zero-order valence-corrected chi connectivity index (χ0v) is 12.8. The molecular weight excluding hydrogens is 289 g/mol. The van der Waals surface area contributed by atoms with E-state index in [2.05, 4.69) is 6.07 Å². The van der Waals surface area contributed by atoms with Gasteiger partial charge in [-0.15, -0.1) is 0 Å². The Hall–Kier alpha value is -1.58. The molecule has 1 heterocycles. The van der Waals surface area contributed by atoms with Crippen LogP contribution in [-0.2, 0) is 4.79 Å². The summed E-state index contributed by atoms with van der Waals surface area (Å²) in [7, 11) is 0. The highest BCUT2D eigenvalue weighted by Crippen LogP contribution is 2.22. The molecule has 1 aliphatic heterocycles. The lowest BCUT2D eigenvalue weighted by Crippen LogP contribution is -2.50. The maximum Gasteiger partial charge on any atom is 0.232 e. The third kappa shape index (κ3) is 3.96. The van der Waals surface area contributed by atoms with E-state index in [1.54, 1.807) is 12.1 Å². The van der Waals surface area contributed by atoms with Crippen LogP contribution in [0.4, 0.5) is 4.39 Å². The maximum atomic E-state index is 13.0. The monoisotopic (exact) mass is 307 g/mol. The van der Waals surface area contributed by atoms with Gasteiger partial charge in [0.25, 0.3) is 0 Å². The third-order valence-electron chi connectivity index (χ3n) is 3.61. The van der Waals surface area contributed by atoms with Gasteiger partial charge in [-0.25, -0.2) is 4.39 Å². The first-order valence-electron chi connectivity index (χ1n) is 6.81. The van der Waals surface area contributed by atoms with E-state index < -0.39 is 0 Å². The van der Waals surface area contributed by atoms with Crippen molar-refractivity contribution in [2.24, 2.45) is 0 Å². The van der Waals surface area contributed by atoms with Gasteiger partial charge in [0.15, 0.2) is 0 Å². The molecule has 1 atom stereocenters. The van der Waals surface area contributed by atoms with Crippen LogP contribution in [-0.4, -0.2) is 53.9 Å². The Bertz CT molecular complexity index is 521. The van der Waals surface area contributed by atoms with Gasteiger partial charge in [-0.3, -0.25) is 9.69 Å². The predicted molar refractivity (Wildman–Crippen MR) is 81.3 cm³/mol. The lowest BCUT2D eigenvalue weighted by Gasteiger charge is -2.37. The van der Waals surface area contributed by atoms with Gasteiger partial charge in [0.2, 0.25) is 5.91 Å². The van der Waals surface area contributed by atoms with Crippen LogP contribution in [0, 0.1) is 17.1 Å². The van der Waals surface area contributed by atoms with E-state index in [1.165, 1.54) is 23.9 Å². The second-order valence-electron chi connectivity index (χ2n) is 4.93. The molecular formula is C15H18FN3OS. The van der Waals surface area contributed by atoms with Gasteiger partial charge in [-0.1, -0.05) is 12.1 Å². The van der Waals surface area contributed by atoms with Crippen LogP contribution in [0.3, 0.4) is 0 Å². The summed E-state index contributed by atoms with van der Waals surface area (Å²) in [5.74, 6) is 0.347. The lowest BCUT2D eigenvalue weighted by molar-refractivity contribution is -0.130. The highest BCUT2D eigenvalue weighted by molar-refractivity contribution is 7.99. The molecule has 0 saturated carbocycles. The molecule has 0 aromatic heterocycles. The van der Waals surface area contributed by atoms with Crippen molar-refractivity contribution < 1.29 is 9.18 Å². The number of piperazine rings is 1. The quantitative estimate of drug-likeness (QED) is 0.852. The number of nitrogens with zero attached hydrogens (tertiary/aromatic N) is 3. The van der Waals surface area contributed by atoms with Crippen LogP contribution >= 0.6 is 11.8 Å². The molecule has 1 amide bonds. The summed E-state index contributed by atoms with van der Waals surface area (Å²) >= 11 is 1.52. The molecule has 4 nitrogen and oxygen atoms in total. The van der Waals surface area contributed by atoms with E-state index in [1.807, 2.05) is 16.1 Å². The minimum absolute atomic E-state index is 0.150. The van der Waals surface area contributed by atoms with Crippen molar-refractivity contribution >= 4 is 17.7 Å². The van der Waals surface area contributed by atoms with Gasteiger partial charge >= 0.3 is 0 Å². The SMILES string of the molecule is CSCC(=O)N1CCN(C(C#N)c2ccc(F)cc2)CC1. The van der Waals surface area contributed by atoms with E-state index in [9.17, 15) is 14.4 Å². The Morgan fingerprint density at radius 2 is 1.95 bits per heavy atom. The molecule has 21 heavy (non-hydrogen) atoms. The van der Waals surface area contributed by atoms with E-state index >= 15 is 0 Å². The largest absolute Gasteiger partial charge is 0.339 e. The molecule has 1 aromatic rings. The molecule has 0 aliphatic carbocycles. The number of hydrogen-bond acceptors (Lipinski definition) is 4. The summed E-state index contributed by atoms with van der Waals surface area (Å²) < 4.78 is 13.0. The van der Waals surface area contributed by atoms with Crippen LogP contribution in [0.5, 0.6) is 0 Å². The normalized spacial score (nSPS) is 17.3. The Kier molecular flexibility index (Phi) is 5.59. The number of halogens is 1. The summed E-state index contributed by atoms with van der Waals surface area (Å²) in [6, 6.07) is 7.93. The molecule has 0 bridgehead atoms. The first-order chi connectivity index (χ1) is 10.2. The van der Waals surface area contributed by atoms with Crippen molar-refractivity contribution in [1.29, 1.82) is 5.26 Å². The Morgan fingerprint density at radius 3 is 2.48 bits per heavy atom. The second kappa shape index (κ2) is 7.43. The molecule has 1 fully saturated rings. The van der Waals surface area contributed by atoms with E-state index in [0.717, 1.165) is 5.56 Å². The van der Waals surface area contributed by atoms with Crippen LogP contribution in [0.2, 0.25) is 0 Å². The fourth-order valence-corrected chi connectivity index (χ4v) is 2.89. The molecule has 1 saturated heterocycles. The summed E-state index contributed by atoms with van der Waals surface area (Å²) in [5.41, 5.74) is 0.794. The average molecular weight is 307 g/mol. The average Bonchev–Trinajstić information content (AvgIpc) is 2.51. The molecule has 0 radical (unpaired) electrons. The standard InChI is InChI=1S/C15H18FN3OS/c1-21-11-15(20)19-8-6-18(7-9-19)14(10-17)12-2-4-13(16)5-3-12/h2-5,14H,6-9,11H2,1H3. The summed E-state index contributed by atoms with van der Waals surface area (Å²) in [6.07, 6.45) is 1.91.